The van der Waals surface area contributed by atoms with Crippen LogP contribution in [0.15, 0.2) is 0 Å². The molecule has 1 aliphatic heterocycles. The number of H-pyrrole nitrogens is 1. The molecule has 1 aliphatic rings. The maximum absolute atomic E-state index is 12.3. The number of anilines is 1. The highest BCUT2D eigenvalue weighted by Gasteiger charge is 2.27. The summed E-state index contributed by atoms with van der Waals surface area (Å²) in [6.45, 7) is 2.98. The Morgan fingerprint density at radius 3 is 2.67 bits per heavy atom. The molecular weight excluding hydrogens is 274 g/mol. The monoisotopic (exact) mass is 295 g/mol. The number of likely N-dealkylation sites (tertiary alicyclic amines) is 1. The van der Waals surface area contributed by atoms with Crippen molar-refractivity contribution in [1.82, 2.24) is 20.4 Å². The van der Waals surface area contributed by atoms with Gasteiger partial charge in [0.25, 0.3) is 5.91 Å². The van der Waals surface area contributed by atoms with Gasteiger partial charge < -0.3 is 20.7 Å². The van der Waals surface area contributed by atoms with Crippen LogP contribution < -0.4 is 11.1 Å². The number of amides is 2. The van der Waals surface area contributed by atoms with Crippen molar-refractivity contribution in [3.63, 3.8) is 0 Å². The molecule has 2 heterocycles. The lowest BCUT2D eigenvalue weighted by molar-refractivity contribution is -0.125. The molecule has 0 atom stereocenters. The quantitative estimate of drug-likeness (QED) is 0.703. The Morgan fingerprint density at radius 1 is 1.48 bits per heavy atom. The number of aromatic amines is 1. The largest absolute Gasteiger partial charge is 0.395 e. The van der Waals surface area contributed by atoms with Crippen molar-refractivity contribution in [3.8, 4) is 0 Å². The molecule has 1 saturated heterocycles. The van der Waals surface area contributed by atoms with Crippen LogP contribution in [0.1, 0.15) is 29.0 Å². The number of aryl methyl sites for hydroxylation is 1. The molecule has 2 amide bonds. The second-order valence-corrected chi connectivity index (χ2v) is 5.18. The van der Waals surface area contributed by atoms with E-state index in [0.717, 1.165) is 0 Å². The normalized spacial score (nSPS) is 16.0. The second-order valence-electron chi connectivity index (χ2n) is 5.18. The summed E-state index contributed by atoms with van der Waals surface area (Å²) >= 11 is 0. The topological polar surface area (TPSA) is 113 Å². The molecule has 1 aromatic rings. The Morgan fingerprint density at radius 2 is 2.14 bits per heavy atom. The lowest BCUT2D eigenvalue weighted by Gasteiger charge is -2.32. The first-order valence-electron chi connectivity index (χ1n) is 6.91. The second kappa shape index (κ2) is 6.57. The van der Waals surface area contributed by atoms with Gasteiger partial charge in [-0.2, -0.15) is 5.10 Å². The average Bonchev–Trinajstić information content (AvgIpc) is 2.79. The fourth-order valence-electron chi connectivity index (χ4n) is 2.38. The van der Waals surface area contributed by atoms with Crippen LogP contribution in [0.25, 0.3) is 0 Å². The molecule has 0 aliphatic carbocycles. The van der Waals surface area contributed by atoms with E-state index in [-0.39, 0.29) is 30.2 Å². The number of hydrogen-bond acceptors (Lipinski definition) is 5. The molecule has 0 aromatic carbocycles. The van der Waals surface area contributed by atoms with Crippen molar-refractivity contribution in [3.05, 3.63) is 11.4 Å². The number of nitrogens with one attached hydrogen (secondary N) is 2. The predicted octanol–water partition coefficient (Wildman–Crippen LogP) is -0.332. The van der Waals surface area contributed by atoms with Gasteiger partial charge in [0.15, 0.2) is 5.69 Å². The summed E-state index contributed by atoms with van der Waals surface area (Å²) in [4.78, 5) is 25.5. The van der Waals surface area contributed by atoms with E-state index in [2.05, 4.69) is 15.5 Å². The van der Waals surface area contributed by atoms with E-state index in [1.54, 1.807) is 11.8 Å². The molecule has 4 N–H and O–H groups in total. The van der Waals surface area contributed by atoms with E-state index in [4.69, 9.17) is 10.5 Å². The van der Waals surface area contributed by atoms with Gasteiger partial charge in [0.05, 0.1) is 11.4 Å². The molecule has 1 aromatic heterocycles. The molecule has 1 fully saturated rings. The van der Waals surface area contributed by atoms with E-state index in [9.17, 15) is 9.59 Å². The lowest BCUT2D eigenvalue weighted by Crippen LogP contribution is -2.47. The van der Waals surface area contributed by atoms with Crippen LogP contribution in [0, 0.1) is 6.92 Å². The van der Waals surface area contributed by atoms with Crippen molar-refractivity contribution < 1.29 is 14.3 Å². The molecule has 2 rings (SSSR count). The Hall–Kier alpha value is -2.09. The van der Waals surface area contributed by atoms with E-state index >= 15 is 0 Å². The van der Waals surface area contributed by atoms with Gasteiger partial charge in [-0.3, -0.25) is 14.7 Å². The van der Waals surface area contributed by atoms with Crippen LogP contribution in [0.3, 0.4) is 0 Å². The number of nitrogens with zero attached hydrogens (tertiary/aromatic N) is 2. The Kier molecular flexibility index (Phi) is 4.79. The van der Waals surface area contributed by atoms with E-state index in [0.29, 0.717) is 37.3 Å². The summed E-state index contributed by atoms with van der Waals surface area (Å²) < 4.78 is 4.78. The molecule has 0 bridgehead atoms. The van der Waals surface area contributed by atoms with Crippen LogP contribution in [0.4, 0.5) is 5.69 Å². The molecule has 8 nitrogen and oxygen atoms in total. The highest BCUT2D eigenvalue weighted by atomic mass is 16.5. The summed E-state index contributed by atoms with van der Waals surface area (Å²) in [6, 6.07) is 0.0787. The summed E-state index contributed by atoms with van der Waals surface area (Å²) in [5.41, 5.74) is 7.19. The standard InChI is InChI=1S/C13H21N5O3/c1-8-11(14)12(17-16-8)13(20)18-5-3-9(4-6-18)15-10(19)7-21-2/h9H,3-7,14H2,1-2H3,(H,15,19)(H,16,17). The minimum Gasteiger partial charge on any atom is -0.395 e. The molecule has 0 radical (unpaired) electrons. The van der Waals surface area contributed by atoms with E-state index < -0.39 is 0 Å². The Labute approximate surface area is 123 Å². The van der Waals surface area contributed by atoms with E-state index in [1.807, 2.05) is 0 Å². The summed E-state index contributed by atoms with van der Waals surface area (Å²) in [5, 5.41) is 9.55. The zero-order valence-corrected chi connectivity index (χ0v) is 12.3. The first-order chi connectivity index (χ1) is 10.0. The number of carbonyl (C=O) groups is 2. The highest BCUT2D eigenvalue weighted by molar-refractivity contribution is 5.97. The van der Waals surface area contributed by atoms with Crippen molar-refractivity contribution in [2.75, 3.05) is 32.5 Å². The number of hydrogen-bond donors (Lipinski definition) is 3. The lowest BCUT2D eigenvalue weighted by atomic mass is 10.0. The van der Waals surface area contributed by atoms with Crippen molar-refractivity contribution in [2.45, 2.75) is 25.8 Å². The fraction of sp³-hybridized carbons (Fsp3) is 0.615. The minimum atomic E-state index is -0.168. The summed E-state index contributed by atoms with van der Waals surface area (Å²) in [5.74, 6) is -0.298. The number of methoxy groups -OCH3 is 1. The number of nitrogens with two attached hydrogens (primary N) is 1. The third-order valence-corrected chi connectivity index (χ3v) is 3.62. The Bertz CT molecular complexity index is 520. The first-order valence-corrected chi connectivity index (χ1v) is 6.91. The van der Waals surface area contributed by atoms with Gasteiger partial charge in [0.2, 0.25) is 5.91 Å². The molecule has 116 valence electrons. The minimum absolute atomic E-state index is 0.0578. The zero-order valence-electron chi connectivity index (χ0n) is 12.3. The SMILES string of the molecule is COCC(=O)NC1CCN(C(=O)c2n[nH]c(C)c2N)CC1. The van der Waals surface area contributed by atoms with Gasteiger partial charge in [-0.1, -0.05) is 0 Å². The number of ether oxygens (including phenoxy) is 1. The predicted molar refractivity (Wildman–Crippen MR) is 76.7 cm³/mol. The molecule has 0 saturated carbocycles. The molecule has 21 heavy (non-hydrogen) atoms. The van der Waals surface area contributed by atoms with Crippen molar-refractivity contribution in [2.24, 2.45) is 0 Å². The number of nitrogen functional groups attached to an aromatic ring is 1. The molecule has 8 heteroatoms. The third-order valence-electron chi connectivity index (χ3n) is 3.62. The highest BCUT2D eigenvalue weighted by Crippen LogP contribution is 2.18. The van der Waals surface area contributed by atoms with Gasteiger partial charge in [-0.25, -0.2) is 0 Å². The number of carbonyl (C=O) groups excluding carboxylic acids is 2. The number of piperidine rings is 1. The maximum Gasteiger partial charge on any atom is 0.276 e. The smallest absolute Gasteiger partial charge is 0.276 e. The summed E-state index contributed by atoms with van der Waals surface area (Å²) in [7, 11) is 1.48. The van der Waals surface area contributed by atoms with Crippen molar-refractivity contribution >= 4 is 17.5 Å². The molecular formula is C13H21N5O3. The van der Waals surface area contributed by atoms with Gasteiger partial charge in [0, 0.05) is 26.2 Å². The van der Waals surface area contributed by atoms with Crippen LogP contribution >= 0.6 is 0 Å². The Balaban J connectivity index is 1.88. The van der Waals surface area contributed by atoms with Gasteiger partial charge in [-0.05, 0) is 19.8 Å². The molecule has 0 unspecified atom stereocenters. The maximum atomic E-state index is 12.3. The third kappa shape index (κ3) is 3.52. The van der Waals surface area contributed by atoms with Gasteiger partial charge >= 0.3 is 0 Å². The number of rotatable bonds is 4. The van der Waals surface area contributed by atoms with Crippen molar-refractivity contribution in [1.29, 1.82) is 0 Å². The fourth-order valence-corrected chi connectivity index (χ4v) is 2.38. The number of aromatic nitrogens is 2. The van der Waals surface area contributed by atoms with Crippen LogP contribution in [-0.2, 0) is 9.53 Å². The summed E-state index contributed by atoms with van der Waals surface area (Å²) in [6.07, 6.45) is 1.43. The molecule has 0 spiro atoms. The van der Waals surface area contributed by atoms with Crippen LogP contribution in [-0.4, -0.2) is 59.8 Å². The van der Waals surface area contributed by atoms with Gasteiger partial charge in [0.1, 0.15) is 6.61 Å². The zero-order chi connectivity index (χ0) is 15.4. The van der Waals surface area contributed by atoms with Crippen LogP contribution in [0.2, 0.25) is 0 Å². The first kappa shape index (κ1) is 15.3. The van der Waals surface area contributed by atoms with Crippen LogP contribution in [0.5, 0.6) is 0 Å². The van der Waals surface area contributed by atoms with E-state index in [1.165, 1.54) is 7.11 Å². The average molecular weight is 295 g/mol. The van der Waals surface area contributed by atoms with Gasteiger partial charge in [-0.15, -0.1) is 0 Å².